The predicted molar refractivity (Wildman–Crippen MR) is 120 cm³/mol. The number of fused-ring (bicyclic) bond motifs is 1. The van der Waals surface area contributed by atoms with Crippen molar-refractivity contribution in [2.75, 3.05) is 26.5 Å². The van der Waals surface area contributed by atoms with E-state index in [1.165, 1.54) is 0 Å². The number of hydrogen-bond acceptors (Lipinski definition) is 5. The lowest BCUT2D eigenvalue weighted by molar-refractivity contribution is -0.197. The lowest BCUT2D eigenvalue weighted by Crippen LogP contribution is -2.86. The molecule has 4 aliphatic rings. The number of likely N-dealkylation sites (tertiary alicyclic amines) is 2. The molecule has 2 amide bonds. The molecule has 1 N–H and O–H groups in total. The molecule has 0 aromatic heterocycles. The molecule has 1 saturated carbocycles. The molecule has 33 heavy (non-hydrogen) atoms. The number of carbonyl (C=O) groups is 2. The fourth-order valence-electron chi connectivity index (χ4n) is 6.36. The van der Waals surface area contributed by atoms with Crippen LogP contribution in [0.3, 0.4) is 0 Å². The zero-order valence-corrected chi connectivity index (χ0v) is 18.5. The Morgan fingerprint density at radius 1 is 1.00 bits per heavy atom. The number of aliphatic hydroxyl groups excluding tert-OH is 1. The summed E-state index contributed by atoms with van der Waals surface area (Å²) >= 11 is 0. The Kier molecular flexibility index (Phi) is 4.83. The minimum Gasteiger partial charge on any atom is -0.454 e. The van der Waals surface area contributed by atoms with Gasteiger partial charge in [-0.15, -0.1) is 0 Å². The molecular formula is C26H28N2O5. The average Bonchev–Trinajstić information content (AvgIpc) is 3.50. The van der Waals surface area contributed by atoms with E-state index in [2.05, 4.69) is 12.1 Å². The summed E-state index contributed by atoms with van der Waals surface area (Å²) in [6.07, 6.45) is 3.99. The second-order valence-electron chi connectivity index (χ2n) is 9.66. The number of nitrogens with zero attached hydrogens (tertiary/aromatic N) is 2. The van der Waals surface area contributed by atoms with Crippen LogP contribution in [0.5, 0.6) is 11.5 Å². The van der Waals surface area contributed by atoms with Gasteiger partial charge in [-0.1, -0.05) is 43.2 Å². The van der Waals surface area contributed by atoms with Gasteiger partial charge in [-0.05, 0) is 36.6 Å². The average molecular weight is 449 g/mol. The van der Waals surface area contributed by atoms with Gasteiger partial charge in [0.25, 0.3) is 5.91 Å². The molecule has 3 heterocycles. The van der Waals surface area contributed by atoms with Crippen LogP contribution in [0.15, 0.2) is 48.5 Å². The van der Waals surface area contributed by atoms with E-state index >= 15 is 0 Å². The Morgan fingerprint density at radius 2 is 1.73 bits per heavy atom. The molecule has 1 aliphatic carbocycles. The number of hydrogen-bond donors (Lipinski definition) is 1. The summed E-state index contributed by atoms with van der Waals surface area (Å²) in [7, 11) is 0. The van der Waals surface area contributed by atoms with Gasteiger partial charge in [0.15, 0.2) is 11.5 Å². The van der Waals surface area contributed by atoms with E-state index in [4.69, 9.17) is 9.47 Å². The minimum absolute atomic E-state index is 0.00913. The molecule has 0 radical (unpaired) electrons. The van der Waals surface area contributed by atoms with Crippen LogP contribution >= 0.6 is 0 Å². The van der Waals surface area contributed by atoms with E-state index in [1.54, 1.807) is 23.1 Å². The highest BCUT2D eigenvalue weighted by atomic mass is 16.7. The maximum atomic E-state index is 13.5. The number of amides is 2. The van der Waals surface area contributed by atoms with Gasteiger partial charge in [-0.25, -0.2) is 0 Å². The fraction of sp³-hybridized carbons (Fsp3) is 0.462. The summed E-state index contributed by atoms with van der Waals surface area (Å²) in [5.41, 5.74) is 1.21. The first kappa shape index (κ1) is 20.5. The largest absolute Gasteiger partial charge is 0.454 e. The summed E-state index contributed by atoms with van der Waals surface area (Å²) < 4.78 is 10.8. The Labute approximate surface area is 192 Å². The molecular weight excluding hydrogens is 420 g/mol. The van der Waals surface area contributed by atoms with Crippen LogP contribution in [0.25, 0.3) is 0 Å². The zero-order chi connectivity index (χ0) is 22.6. The van der Waals surface area contributed by atoms with Crippen molar-refractivity contribution in [1.82, 2.24) is 9.80 Å². The highest BCUT2D eigenvalue weighted by Gasteiger charge is 2.68. The summed E-state index contributed by atoms with van der Waals surface area (Å²) in [6.45, 7) is 1.03. The number of ether oxygens (including phenoxy) is 2. The second-order valence-corrected chi connectivity index (χ2v) is 9.66. The number of benzene rings is 2. The molecule has 2 aromatic rings. The van der Waals surface area contributed by atoms with Gasteiger partial charge in [0.2, 0.25) is 12.7 Å². The Hall–Kier alpha value is -3.06. The van der Waals surface area contributed by atoms with Crippen molar-refractivity contribution in [3.05, 3.63) is 59.7 Å². The third kappa shape index (κ3) is 3.05. The van der Waals surface area contributed by atoms with Crippen LogP contribution in [0, 0.1) is 5.92 Å². The van der Waals surface area contributed by atoms with Crippen molar-refractivity contribution in [3.63, 3.8) is 0 Å². The molecule has 6 rings (SSSR count). The lowest BCUT2D eigenvalue weighted by atomic mass is 9.60. The molecule has 3 aliphatic heterocycles. The van der Waals surface area contributed by atoms with E-state index in [0.717, 1.165) is 31.2 Å². The van der Waals surface area contributed by atoms with Gasteiger partial charge in [-0.3, -0.25) is 9.59 Å². The number of carbonyl (C=O) groups excluding carboxylic acids is 2. The van der Waals surface area contributed by atoms with Gasteiger partial charge < -0.3 is 24.4 Å². The van der Waals surface area contributed by atoms with Crippen molar-refractivity contribution in [2.45, 2.75) is 43.2 Å². The molecule has 2 saturated heterocycles. The van der Waals surface area contributed by atoms with E-state index in [-0.39, 0.29) is 43.1 Å². The molecule has 3 fully saturated rings. The molecule has 0 unspecified atom stereocenters. The quantitative estimate of drug-likeness (QED) is 0.778. The molecule has 172 valence electrons. The van der Waals surface area contributed by atoms with Crippen LogP contribution in [0.2, 0.25) is 0 Å². The van der Waals surface area contributed by atoms with Crippen LogP contribution in [0.4, 0.5) is 0 Å². The highest BCUT2D eigenvalue weighted by Crippen LogP contribution is 2.55. The zero-order valence-electron chi connectivity index (χ0n) is 18.5. The first-order valence-electron chi connectivity index (χ1n) is 11.8. The molecule has 7 nitrogen and oxygen atoms in total. The minimum atomic E-state index is -0.458. The third-order valence-electron chi connectivity index (χ3n) is 7.90. The first-order valence-corrected chi connectivity index (χ1v) is 11.8. The smallest absolute Gasteiger partial charge is 0.254 e. The summed E-state index contributed by atoms with van der Waals surface area (Å²) in [6, 6.07) is 15.1. The van der Waals surface area contributed by atoms with E-state index in [1.807, 2.05) is 23.1 Å². The van der Waals surface area contributed by atoms with Crippen molar-refractivity contribution < 1.29 is 24.2 Å². The van der Waals surface area contributed by atoms with E-state index in [9.17, 15) is 14.7 Å². The van der Waals surface area contributed by atoms with Crippen LogP contribution in [0.1, 0.15) is 47.5 Å². The lowest BCUT2D eigenvalue weighted by Gasteiger charge is -2.70. The maximum absolute atomic E-state index is 13.5. The molecule has 0 bridgehead atoms. The third-order valence-corrected chi connectivity index (χ3v) is 7.90. The summed E-state index contributed by atoms with van der Waals surface area (Å²) in [5, 5.41) is 10.3. The van der Waals surface area contributed by atoms with Crippen molar-refractivity contribution in [2.24, 2.45) is 5.92 Å². The van der Waals surface area contributed by atoms with Gasteiger partial charge in [0.05, 0.1) is 18.2 Å². The number of rotatable bonds is 4. The van der Waals surface area contributed by atoms with E-state index < -0.39 is 5.54 Å². The van der Waals surface area contributed by atoms with Gasteiger partial charge in [0, 0.05) is 30.5 Å². The maximum Gasteiger partial charge on any atom is 0.254 e. The number of aliphatic hydroxyl groups is 1. The highest BCUT2D eigenvalue weighted by molar-refractivity contribution is 5.96. The van der Waals surface area contributed by atoms with Gasteiger partial charge in [-0.2, -0.15) is 0 Å². The standard InChI is InChI=1S/C26H28N2O5/c29-13-20-23(17-6-2-1-3-7-17)26(28(20)25(31)18-8-4-5-9-18)14-27(15-26)24(30)19-10-11-21-22(12-19)33-16-32-21/h1-3,6-7,10-12,18,20,23,29H,4-5,8-9,13-16H2/t20-,23-/m1/s1. The summed E-state index contributed by atoms with van der Waals surface area (Å²) in [5.74, 6) is 1.34. The Bertz CT molecular complexity index is 1080. The van der Waals surface area contributed by atoms with Gasteiger partial charge >= 0.3 is 0 Å². The van der Waals surface area contributed by atoms with Crippen molar-refractivity contribution >= 4 is 11.8 Å². The van der Waals surface area contributed by atoms with Crippen molar-refractivity contribution in [1.29, 1.82) is 0 Å². The van der Waals surface area contributed by atoms with Gasteiger partial charge in [0.1, 0.15) is 0 Å². The Balaban J connectivity index is 1.28. The first-order chi connectivity index (χ1) is 16.1. The normalized spacial score (nSPS) is 25.1. The van der Waals surface area contributed by atoms with E-state index in [0.29, 0.717) is 30.2 Å². The fourth-order valence-corrected chi connectivity index (χ4v) is 6.36. The molecule has 1 spiro atoms. The summed E-state index contributed by atoms with van der Waals surface area (Å²) in [4.78, 5) is 30.5. The SMILES string of the molecule is O=C(c1ccc2c(c1)OCO2)N1CC2(C1)[C@H](c1ccccc1)[C@@H](CO)N2C(=O)C1CCCC1. The van der Waals surface area contributed by atoms with Crippen LogP contribution in [-0.4, -0.2) is 64.8 Å². The molecule has 2 aromatic carbocycles. The van der Waals surface area contributed by atoms with Crippen LogP contribution in [-0.2, 0) is 4.79 Å². The predicted octanol–water partition coefficient (Wildman–Crippen LogP) is 2.79. The Morgan fingerprint density at radius 3 is 2.45 bits per heavy atom. The van der Waals surface area contributed by atoms with Crippen LogP contribution < -0.4 is 9.47 Å². The molecule has 7 heteroatoms. The van der Waals surface area contributed by atoms with Crippen molar-refractivity contribution in [3.8, 4) is 11.5 Å². The monoisotopic (exact) mass is 448 g/mol. The topological polar surface area (TPSA) is 79.3 Å². The second kappa shape index (κ2) is 7.76. The molecule has 2 atom stereocenters.